The number of carbonyl (C=O) groups excluding carboxylic acids is 1. The minimum atomic E-state index is -0.0241. The highest BCUT2D eigenvalue weighted by atomic mass is 16.5. The fourth-order valence-corrected chi connectivity index (χ4v) is 2.28. The van der Waals surface area contributed by atoms with E-state index >= 15 is 0 Å². The van der Waals surface area contributed by atoms with Gasteiger partial charge in [-0.1, -0.05) is 32.9 Å². The molecule has 0 fully saturated rings. The van der Waals surface area contributed by atoms with E-state index in [0.29, 0.717) is 6.54 Å². The third-order valence-corrected chi connectivity index (χ3v) is 3.99. The number of carbonyl (C=O) groups is 1. The van der Waals surface area contributed by atoms with Crippen molar-refractivity contribution in [2.45, 2.75) is 32.6 Å². The first-order chi connectivity index (χ1) is 11.4. The molecular weight excluding hydrogens is 300 g/mol. The zero-order chi connectivity index (χ0) is 17.6. The maximum absolute atomic E-state index is 12.2. The molecule has 1 heterocycles. The van der Waals surface area contributed by atoms with Gasteiger partial charge in [0.15, 0.2) is 6.61 Å². The van der Waals surface area contributed by atoms with Crippen LogP contribution in [0.25, 0.3) is 0 Å². The van der Waals surface area contributed by atoms with Crippen molar-refractivity contribution in [1.29, 1.82) is 0 Å². The number of ether oxygens (including phenoxy) is 1. The average molecular weight is 326 g/mol. The molecule has 4 heteroatoms. The van der Waals surface area contributed by atoms with Gasteiger partial charge >= 0.3 is 0 Å². The zero-order valence-electron chi connectivity index (χ0n) is 15.0. The largest absolute Gasteiger partial charge is 0.484 e. The maximum atomic E-state index is 12.2. The molecule has 1 aromatic carbocycles. The number of nitrogens with zero attached hydrogens (tertiary/aromatic N) is 2. The summed E-state index contributed by atoms with van der Waals surface area (Å²) >= 11 is 0. The summed E-state index contributed by atoms with van der Waals surface area (Å²) in [7, 11) is 1.80. The number of benzene rings is 1. The van der Waals surface area contributed by atoms with Crippen LogP contribution in [0.2, 0.25) is 0 Å². The van der Waals surface area contributed by atoms with Gasteiger partial charge in [0.05, 0.1) is 0 Å². The molecule has 0 saturated carbocycles. The van der Waals surface area contributed by atoms with E-state index in [1.807, 2.05) is 36.4 Å². The highest BCUT2D eigenvalue weighted by molar-refractivity contribution is 5.77. The Kier molecular flexibility index (Phi) is 5.96. The smallest absolute Gasteiger partial charge is 0.260 e. The highest BCUT2D eigenvalue weighted by Crippen LogP contribution is 2.24. The summed E-state index contributed by atoms with van der Waals surface area (Å²) in [5.41, 5.74) is 2.53. The lowest BCUT2D eigenvalue weighted by atomic mass is 9.87. The van der Waals surface area contributed by atoms with E-state index in [-0.39, 0.29) is 17.9 Å². The van der Waals surface area contributed by atoms with Gasteiger partial charge in [-0.25, -0.2) is 0 Å². The Morgan fingerprint density at radius 2 is 1.71 bits per heavy atom. The van der Waals surface area contributed by atoms with E-state index in [2.05, 4.69) is 25.8 Å². The molecule has 0 aliphatic rings. The van der Waals surface area contributed by atoms with Crippen LogP contribution < -0.4 is 4.74 Å². The van der Waals surface area contributed by atoms with Crippen molar-refractivity contribution in [2.24, 2.45) is 0 Å². The van der Waals surface area contributed by atoms with Crippen LogP contribution in [-0.4, -0.2) is 36.0 Å². The fraction of sp³-hybridized carbons (Fsp3) is 0.400. The third kappa shape index (κ3) is 5.37. The van der Waals surface area contributed by atoms with E-state index < -0.39 is 0 Å². The molecule has 128 valence electrons. The molecule has 1 amide bonds. The van der Waals surface area contributed by atoms with Crippen LogP contribution in [0, 0.1) is 0 Å². The van der Waals surface area contributed by atoms with E-state index in [1.165, 1.54) is 11.1 Å². The number of hydrogen-bond donors (Lipinski definition) is 0. The standard InChI is InChI=1S/C20H26N2O2/c1-20(2,3)17-5-7-18(8-6-17)24-15-19(23)22(4)14-11-16-9-12-21-13-10-16/h5-10,12-13H,11,14-15H2,1-4H3. The van der Waals surface area contributed by atoms with Gasteiger partial charge < -0.3 is 9.64 Å². The number of pyridine rings is 1. The first-order valence-electron chi connectivity index (χ1n) is 8.22. The van der Waals surface area contributed by atoms with Gasteiger partial charge in [-0.05, 0) is 47.2 Å². The predicted molar refractivity (Wildman–Crippen MR) is 96.2 cm³/mol. The maximum Gasteiger partial charge on any atom is 0.260 e. The minimum Gasteiger partial charge on any atom is -0.484 e. The molecule has 0 radical (unpaired) electrons. The number of rotatable bonds is 6. The lowest BCUT2D eigenvalue weighted by molar-refractivity contribution is -0.132. The summed E-state index contributed by atoms with van der Waals surface area (Å²) in [6, 6.07) is 11.9. The van der Waals surface area contributed by atoms with Gasteiger partial charge in [-0.15, -0.1) is 0 Å². The fourth-order valence-electron chi connectivity index (χ4n) is 2.28. The van der Waals surface area contributed by atoms with Crippen LogP contribution in [0.3, 0.4) is 0 Å². The van der Waals surface area contributed by atoms with Crippen molar-refractivity contribution in [2.75, 3.05) is 20.2 Å². The second kappa shape index (κ2) is 7.95. The second-order valence-electron chi connectivity index (χ2n) is 6.98. The van der Waals surface area contributed by atoms with Crippen LogP contribution in [-0.2, 0) is 16.6 Å². The predicted octanol–water partition coefficient (Wildman–Crippen LogP) is 3.46. The molecule has 2 aromatic rings. The molecule has 0 aliphatic carbocycles. The summed E-state index contributed by atoms with van der Waals surface area (Å²) in [5.74, 6) is 0.697. The van der Waals surface area contributed by atoms with Gasteiger partial charge in [0, 0.05) is 26.0 Å². The lowest BCUT2D eigenvalue weighted by Crippen LogP contribution is -2.33. The lowest BCUT2D eigenvalue weighted by Gasteiger charge is -2.20. The summed E-state index contributed by atoms with van der Waals surface area (Å²) in [6.45, 7) is 7.23. The van der Waals surface area contributed by atoms with Gasteiger partial charge in [0.25, 0.3) is 5.91 Å². The topological polar surface area (TPSA) is 42.4 Å². The SMILES string of the molecule is CN(CCc1ccncc1)C(=O)COc1ccc(C(C)(C)C)cc1. The Balaban J connectivity index is 1.79. The van der Waals surface area contributed by atoms with Gasteiger partial charge in [0.2, 0.25) is 0 Å². The van der Waals surface area contributed by atoms with Crippen molar-refractivity contribution >= 4 is 5.91 Å². The molecule has 4 nitrogen and oxygen atoms in total. The molecule has 24 heavy (non-hydrogen) atoms. The molecule has 0 N–H and O–H groups in total. The van der Waals surface area contributed by atoms with Crippen LogP contribution in [0.4, 0.5) is 0 Å². The van der Waals surface area contributed by atoms with Crippen molar-refractivity contribution in [1.82, 2.24) is 9.88 Å². The monoisotopic (exact) mass is 326 g/mol. The van der Waals surface area contributed by atoms with Crippen LogP contribution >= 0.6 is 0 Å². The number of amides is 1. The second-order valence-corrected chi connectivity index (χ2v) is 6.98. The first kappa shape index (κ1) is 18.0. The molecule has 0 unspecified atom stereocenters. The number of hydrogen-bond acceptors (Lipinski definition) is 3. The van der Waals surface area contributed by atoms with Crippen LogP contribution in [0.5, 0.6) is 5.75 Å². The average Bonchev–Trinajstić information content (AvgIpc) is 2.58. The molecular formula is C20H26N2O2. The Morgan fingerprint density at radius 1 is 1.08 bits per heavy atom. The van der Waals surface area contributed by atoms with Crippen molar-refractivity contribution in [3.8, 4) is 5.75 Å². The molecule has 0 aliphatic heterocycles. The van der Waals surface area contributed by atoms with Crippen molar-refractivity contribution in [3.05, 3.63) is 59.9 Å². The van der Waals surface area contributed by atoms with Crippen LogP contribution in [0.1, 0.15) is 31.9 Å². The molecule has 0 spiro atoms. The first-order valence-corrected chi connectivity index (χ1v) is 8.22. The quantitative estimate of drug-likeness (QED) is 0.816. The van der Waals surface area contributed by atoms with E-state index in [4.69, 9.17) is 4.74 Å². The molecule has 0 bridgehead atoms. The Hall–Kier alpha value is -2.36. The summed E-state index contributed by atoms with van der Waals surface area (Å²) in [5, 5.41) is 0. The van der Waals surface area contributed by atoms with E-state index in [9.17, 15) is 4.79 Å². The van der Waals surface area contributed by atoms with Crippen molar-refractivity contribution in [3.63, 3.8) is 0 Å². The Bertz CT molecular complexity index is 646. The third-order valence-electron chi connectivity index (χ3n) is 3.99. The van der Waals surface area contributed by atoms with E-state index in [0.717, 1.165) is 12.2 Å². The molecule has 2 rings (SSSR count). The number of likely N-dealkylation sites (N-methyl/N-ethyl adjacent to an activating group) is 1. The van der Waals surface area contributed by atoms with Crippen molar-refractivity contribution < 1.29 is 9.53 Å². The molecule has 1 aromatic heterocycles. The molecule has 0 atom stereocenters. The summed E-state index contributed by atoms with van der Waals surface area (Å²) in [6.07, 6.45) is 4.34. The summed E-state index contributed by atoms with van der Waals surface area (Å²) in [4.78, 5) is 17.8. The minimum absolute atomic E-state index is 0.0241. The zero-order valence-corrected chi connectivity index (χ0v) is 15.0. The highest BCUT2D eigenvalue weighted by Gasteiger charge is 2.14. The Morgan fingerprint density at radius 3 is 2.29 bits per heavy atom. The van der Waals surface area contributed by atoms with Gasteiger partial charge in [-0.2, -0.15) is 0 Å². The van der Waals surface area contributed by atoms with Crippen LogP contribution in [0.15, 0.2) is 48.8 Å². The normalized spacial score (nSPS) is 11.2. The number of aromatic nitrogens is 1. The summed E-state index contributed by atoms with van der Waals surface area (Å²) < 4.78 is 5.61. The van der Waals surface area contributed by atoms with Gasteiger partial charge in [-0.3, -0.25) is 9.78 Å². The Labute approximate surface area is 144 Å². The van der Waals surface area contributed by atoms with Gasteiger partial charge in [0.1, 0.15) is 5.75 Å². The van der Waals surface area contributed by atoms with E-state index in [1.54, 1.807) is 24.3 Å². The molecule has 0 saturated heterocycles.